The largest absolute Gasteiger partial charge is 0.301 e. The Hall–Kier alpha value is -0.120. The molecular weight excluding hydrogens is 270 g/mol. The van der Waals surface area contributed by atoms with Crippen molar-refractivity contribution in [3.05, 3.63) is 0 Å². The fourth-order valence-corrected chi connectivity index (χ4v) is 4.80. The van der Waals surface area contributed by atoms with Crippen molar-refractivity contribution in [2.75, 3.05) is 45.8 Å². The Labute approximate surface area is 138 Å². The van der Waals surface area contributed by atoms with Gasteiger partial charge >= 0.3 is 0 Å². The van der Waals surface area contributed by atoms with Crippen LogP contribution in [0.3, 0.4) is 0 Å². The standard InChI is InChI=1S/C19H37N3/c1-16(2)21-11-9-20(10-12-21)13-18-5-7-19(8-6-18)14-22(15-19)17(3)4/h16-18H,5-15H2,1-4H3. The molecule has 0 aromatic heterocycles. The molecule has 0 amide bonds. The Morgan fingerprint density at radius 1 is 0.818 bits per heavy atom. The summed E-state index contributed by atoms with van der Waals surface area (Å²) in [6, 6.07) is 1.47. The summed E-state index contributed by atoms with van der Waals surface area (Å²) in [5.74, 6) is 0.976. The Morgan fingerprint density at radius 2 is 1.36 bits per heavy atom. The third kappa shape index (κ3) is 3.68. The van der Waals surface area contributed by atoms with E-state index >= 15 is 0 Å². The molecule has 128 valence electrons. The molecule has 1 saturated carbocycles. The van der Waals surface area contributed by atoms with Crippen molar-refractivity contribution in [1.82, 2.24) is 14.7 Å². The van der Waals surface area contributed by atoms with Crippen molar-refractivity contribution >= 4 is 0 Å². The molecule has 0 atom stereocenters. The molecule has 0 aromatic rings. The second-order valence-corrected chi connectivity index (χ2v) is 8.87. The number of hydrogen-bond acceptors (Lipinski definition) is 3. The van der Waals surface area contributed by atoms with Crippen molar-refractivity contribution in [3.8, 4) is 0 Å². The highest BCUT2D eigenvalue weighted by Crippen LogP contribution is 2.46. The summed E-state index contributed by atoms with van der Waals surface area (Å²) < 4.78 is 0. The lowest BCUT2D eigenvalue weighted by molar-refractivity contribution is -0.0583. The zero-order chi connectivity index (χ0) is 15.7. The number of nitrogens with zero attached hydrogens (tertiary/aromatic N) is 3. The zero-order valence-electron chi connectivity index (χ0n) is 15.4. The molecule has 3 heteroatoms. The summed E-state index contributed by atoms with van der Waals surface area (Å²) in [6.45, 7) is 18.6. The van der Waals surface area contributed by atoms with E-state index in [0.29, 0.717) is 0 Å². The normalized spacial score (nSPS) is 28.6. The molecule has 2 saturated heterocycles. The van der Waals surface area contributed by atoms with Gasteiger partial charge in [-0.05, 0) is 64.7 Å². The minimum atomic E-state index is 0.719. The first-order valence-corrected chi connectivity index (χ1v) is 9.68. The van der Waals surface area contributed by atoms with E-state index in [0.717, 1.165) is 23.4 Å². The van der Waals surface area contributed by atoms with Crippen molar-refractivity contribution in [2.24, 2.45) is 11.3 Å². The topological polar surface area (TPSA) is 9.72 Å². The minimum Gasteiger partial charge on any atom is -0.301 e. The second kappa shape index (κ2) is 6.78. The Kier molecular flexibility index (Phi) is 5.16. The van der Waals surface area contributed by atoms with Crippen LogP contribution in [0, 0.1) is 11.3 Å². The summed E-state index contributed by atoms with van der Waals surface area (Å²) in [5, 5.41) is 0. The fraction of sp³-hybridized carbons (Fsp3) is 1.00. The molecule has 3 fully saturated rings. The molecule has 0 radical (unpaired) electrons. The van der Waals surface area contributed by atoms with Crippen LogP contribution < -0.4 is 0 Å². The van der Waals surface area contributed by atoms with Crippen molar-refractivity contribution in [1.29, 1.82) is 0 Å². The van der Waals surface area contributed by atoms with Gasteiger partial charge in [0.2, 0.25) is 0 Å². The van der Waals surface area contributed by atoms with Crippen LogP contribution in [-0.4, -0.2) is 72.6 Å². The summed E-state index contributed by atoms with van der Waals surface area (Å²) >= 11 is 0. The number of rotatable bonds is 4. The average molecular weight is 308 g/mol. The minimum absolute atomic E-state index is 0.719. The summed E-state index contributed by atoms with van der Waals surface area (Å²) in [6.07, 6.45) is 5.95. The van der Waals surface area contributed by atoms with Crippen LogP contribution in [0.25, 0.3) is 0 Å². The SMILES string of the molecule is CC(C)N1CCN(CC2CCC3(CC2)CN(C(C)C)C3)CC1. The van der Waals surface area contributed by atoms with Crippen LogP contribution in [0.5, 0.6) is 0 Å². The maximum absolute atomic E-state index is 2.74. The maximum atomic E-state index is 2.74. The number of hydrogen-bond donors (Lipinski definition) is 0. The zero-order valence-corrected chi connectivity index (χ0v) is 15.4. The monoisotopic (exact) mass is 307 g/mol. The fourth-order valence-electron chi connectivity index (χ4n) is 4.80. The van der Waals surface area contributed by atoms with E-state index in [1.54, 1.807) is 0 Å². The van der Waals surface area contributed by atoms with Gasteiger partial charge in [0, 0.05) is 57.9 Å². The second-order valence-electron chi connectivity index (χ2n) is 8.87. The molecule has 0 unspecified atom stereocenters. The first kappa shape index (κ1) is 16.7. The summed E-state index contributed by atoms with van der Waals surface area (Å²) in [7, 11) is 0. The van der Waals surface area contributed by atoms with Gasteiger partial charge in [-0.3, -0.25) is 9.80 Å². The molecule has 3 aliphatic rings. The molecule has 22 heavy (non-hydrogen) atoms. The Morgan fingerprint density at radius 3 is 1.86 bits per heavy atom. The predicted octanol–water partition coefficient (Wildman–Crippen LogP) is 2.91. The van der Waals surface area contributed by atoms with Crippen molar-refractivity contribution in [2.45, 2.75) is 65.5 Å². The van der Waals surface area contributed by atoms with Gasteiger partial charge in [0.25, 0.3) is 0 Å². The van der Waals surface area contributed by atoms with Gasteiger partial charge in [0.15, 0.2) is 0 Å². The van der Waals surface area contributed by atoms with E-state index in [-0.39, 0.29) is 0 Å². The lowest BCUT2D eigenvalue weighted by atomic mass is 9.65. The van der Waals surface area contributed by atoms with Crippen LogP contribution in [0.1, 0.15) is 53.4 Å². The maximum Gasteiger partial charge on any atom is 0.0113 e. The lowest BCUT2D eigenvalue weighted by Gasteiger charge is -2.55. The first-order valence-electron chi connectivity index (χ1n) is 9.68. The van der Waals surface area contributed by atoms with Crippen LogP contribution in [-0.2, 0) is 0 Å². The molecule has 1 spiro atoms. The van der Waals surface area contributed by atoms with Crippen LogP contribution in [0.15, 0.2) is 0 Å². The number of piperazine rings is 1. The number of likely N-dealkylation sites (tertiary alicyclic amines) is 1. The van der Waals surface area contributed by atoms with Gasteiger partial charge in [-0.1, -0.05) is 0 Å². The Bertz CT molecular complexity index is 342. The van der Waals surface area contributed by atoms with Gasteiger partial charge in [-0.2, -0.15) is 0 Å². The van der Waals surface area contributed by atoms with E-state index < -0.39 is 0 Å². The molecule has 2 aliphatic heterocycles. The van der Waals surface area contributed by atoms with Gasteiger partial charge in [-0.25, -0.2) is 0 Å². The summed E-state index contributed by atoms with van der Waals surface area (Å²) in [4.78, 5) is 8.02. The van der Waals surface area contributed by atoms with Crippen molar-refractivity contribution in [3.63, 3.8) is 0 Å². The highest BCUT2D eigenvalue weighted by atomic mass is 15.3. The van der Waals surface area contributed by atoms with E-state index in [9.17, 15) is 0 Å². The third-order valence-electron chi connectivity index (χ3n) is 6.63. The van der Waals surface area contributed by atoms with Gasteiger partial charge in [0.1, 0.15) is 0 Å². The van der Waals surface area contributed by atoms with Crippen molar-refractivity contribution < 1.29 is 0 Å². The molecule has 1 aliphatic carbocycles. The molecule has 0 N–H and O–H groups in total. The van der Waals surface area contributed by atoms with Gasteiger partial charge < -0.3 is 4.90 Å². The van der Waals surface area contributed by atoms with E-state index in [1.165, 1.54) is 71.5 Å². The molecular formula is C19H37N3. The first-order chi connectivity index (χ1) is 10.5. The molecule has 0 bridgehead atoms. The molecule has 2 heterocycles. The van der Waals surface area contributed by atoms with Crippen LogP contribution in [0.4, 0.5) is 0 Å². The highest BCUT2D eigenvalue weighted by molar-refractivity contribution is 4.99. The van der Waals surface area contributed by atoms with Crippen LogP contribution in [0.2, 0.25) is 0 Å². The quantitative estimate of drug-likeness (QED) is 0.791. The average Bonchev–Trinajstić information content (AvgIpc) is 2.46. The molecule has 3 rings (SSSR count). The van der Waals surface area contributed by atoms with E-state index in [4.69, 9.17) is 0 Å². The van der Waals surface area contributed by atoms with Gasteiger partial charge in [0.05, 0.1) is 0 Å². The highest BCUT2D eigenvalue weighted by Gasteiger charge is 2.45. The van der Waals surface area contributed by atoms with E-state index in [1.807, 2.05) is 0 Å². The third-order valence-corrected chi connectivity index (χ3v) is 6.63. The molecule has 3 nitrogen and oxygen atoms in total. The smallest absolute Gasteiger partial charge is 0.0113 e. The lowest BCUT2D eigenvalue weighted by Crippen LogP contribution is -2.60. The van der Waals surface area contributed by atoms with Crippen LogP contribution >= 0.6 is 0 Å². The summed E-state index contributed by atoms with van der Waals surface area (Å²) in [5.41, 5.74) is 0.719. The predicted molar refractivity (Wildman–Crippen MR) is 94.2 cm³/mol. The Balaban J connectivity index is 1.37. The van der Waals surface area contributed by atoms with E-state index in [2.05, 4.69) is 42.4 Å². The molecule has 0 aromatic carbocycles. The van der Waals surface area contributed by atoms with Gasteiger partial charge in [-0.15, -0.1) is 0 Å².